The van der Waals surface area contributed by atoms with Crippen molar-refractivity contribution in [3.63, 3.8) is 0 Å². The summed E-state index contributed by atoms with van der Waals surface area (Å²) < 4.78 is 0. The van der Waals surface area contributed by atoms with Gasteiger partial charge in [0.25, 0.3) is 0 Å². The van der Waals surface area contributed by atoms with Crippen molar-refractivity contribution in [2.45, 2.75) is 0 Å². The van der Waals surface area contributed by atoms with Crippen LogP contribution in [0.2, 0.25) is 0 Å². The van der Waals surface area contributed by atoms with Gasteiger partial charge in [0.15, 0.2) is 0 Å². The molecule has 0 saturated carbocycles. The third kappa shape index (κ3) is 34.6. The fourth-order valence-corrected chi connectivity index (χ4v) is 0. The standard InChI is InChI=1S/2Al.Ar.3O/q2*+3;;3*-2. The Balaban J connectivity index is 0. The Labute approximate surface area is 87.7 Å². The average Bonchev–Trinajstić information content (AvgIpc) is 0. The third-order valence-electron chi connectivity index (χ3n) is 0. The smallest absolute Gasteiger partial charge is 2.00 e. The summed E-state index contributed by atoms with van der Waals surface area (Å²) in [6.07, 6.45) is 0. The van der Waals surface area contributed by atoms with Crippen molar-refractivity contribution in [3.8, 4) is 0 Å². The van der Waals surface area contributed by atoms with Gasteiger partial charge in [-0.3, -0.25) is 0 Å². The van der Waals surface area contributed by atoms with Crippen molar-refractivity contribution in [2.24, 2.45) is 0 Å². The van der Waals surface area contributed by atoms with Crippen molar-refractivity contribution >= 4 is 34.7 Å². The van der Waals surface area contributed by atoms with E-state index in [2.05, 4.69) is 0 Å². The minimum Gasteiger partial charge on any atom is -2.00 e. The maximum atomic E-state index is 0. The van der Waals surface area contributed by atoms with Gasteiger partial charge in [0.2, 0.25) is 0 Å². The first-order valence-corrected chi connectivity index (χ1v) is 0. The van der Waals surface area contributed by atoms with E-state index >= 15 is 0 Å². The van der Waals surface area contributed by atoms with Crippen molar-refractivity contribution in [1.82, 2.24) is 0 Å². The van der Waals surface area contributed by atoms with E-state index in [4.69, 9.17) is 0 Å². The van der Waals surface area contributed by atoms with Gasteiger partial charge in [-0.15, -0.1) is 0 Å². The molecule has 0 aliphatic heterocycles. The minimum absolute atomic E-state index is 0. The Kier molecular flexibility index (Phi) is 833. The largest absolute Gasteiger partial charge is 3.00 e. The molecule has 6 heavy (non-hydrogen) atoms. The molecule has 0 heterocycles. The van der Waals surface area contributed by atoms with E-state index in [1.54, 1.807) is 0 Å². The van der Waals surface area contributed by atoms with E-state index in [0.29, 0.717) is 0 Å². The summed E-state index contributed by atoms with van der Waals surface area (Å²) in [6.45, 7) is 0. The van der Waals surface area contributed by atoms with E-state index in [1.165, 1.54) is 0 Å². The van der Waals surface area contributed by atoms with Crippen LogP contribution in [-0.4, -0.2) is 34.7 Å². The van der Waals surface area contributed by atoms with Crippen LogP contribution < -0.4 is 0 Å². The molecule has 0 aromatic rings. The quantitative estimate of drug-likeness (QED) is 0.383. The molecular formula is Al2ArO3. The molecule has 32 valence electrons. The van der Waals surface area contributed by atoms with Crippen molar-refractivity contribution in [1.29, 1.82) is 0 Å². The maximum absolute atomic E-state index is 0. The maximum Gasteiger partial charge on any atom is 3.00 e. The monoisotopic (exact) mass is 142 g/mol. The molecule has 0 rings (SSSR count). The first-order valence-electron chi connectivity index (χ1n) is 0. The topological polar surface area (TPSA) is 85.5 Å². The Hall–Kier alpha value is 2.20. The average molecular weight is 142 g/mol. The SMILES string of the molecule is [Al+3].[Al+3].[Ar].[O-2].[O-2].[O-2]. The summed E-state index contributed by atoms with van der Waals surface area (Å²) in [7, 11) is 0. The number of hydrogen-bond acceptors (Lipinski definition) is 0. The van der Waals surface area contributed by atoms with Crippen LogP contribution in [0.1, 0.15) is 0 Å². The van der Waals surface area contributed by atoms with E-state index in [0.717, 1.165) is 0 Å². The van der Waals surface area contributed by atoms with Gasteiger partial charge in [0.1, 0.15) is 0 Å². The molecule has 0 bridgehead atoms. The molecule has 6 heteroatoms. The number of rotatable bonds is 0. The summed E-state index contributed by atoms with van der Waals surface area (Å²) in [6, 6.07) is 0. The van der Waals surface area contributed by atoms with Gasteiger partial charge in [-0.05, 0) is 0 Å². The van der Waals surface area contributed by atoms with Crippen LogP contribution in [0, 0.1) is 37.7 Å². The second-order valence-corrected chi connectivity index (χ2v) is 0. The zero-order valence-electron chi connectivity index (χ0n) is 2.73. The number of hydrogen-bond donors (Lipinski definition) is 0. The molecule has 0 radical (unpaired) electrons. The van der Waals surface area contributed by atoms with Crippen LogP contribution >= 0.6 is 0 Å². The molecule has 0 fully saturated rings. The molecule has 3 nitrogen and oxygen atoms in total. The summed E-state index contributed by atoms with van der Waals surface area (Å²) in [5.41, 5.74) is 0. The van der Waals surface area contributed by atoms with Gasteiger partial charge in [-0.25, -0.2) is 0 Å². The van der Waals surface area contributed by atoms with E-state index in [1.807, 2.05) is 0 Å². The second kappa shape index (κ2) is 57.1. The summed E-state index contributed by atoms with van der Waals surface area (Å²) in [5.74, 6) is 0. The molecule has 0 N–H and O–H groups in total. The van der Waals surface area contributed by atoms with Crippen molar-refractivity contribution in [3.05, 3.63) is 0 Å². The van der Waals surface area contributed by atoms with E-state index in [-0.39, 0.29) is 88.9 Å². The molecule has 0 atom stereocenters. The van der Waals surface area contributed by atoms with Gasteiger partial charge >= 0.3 is 34.7 Å². The van der Waals surface area contributed by atoms with Crippen LogP contribution in [0.4, 0.5) is 0 Å². The van der Waals surface area contributed by atoms with Crippen LogP contribution in [0.25, 0.3) is 0 Å². The van der Waals surface area contributed by atoms with Crippen LogP contribution in [0.3, 0.4) is 0 Å². The molecule has 0 unspecified atom stereocenters. The Morgan fingerprint density at radius 2 is 0.500 bits per heavy atom. The fourth-order valence-electron chi connectivity index (χ4n) is 0. The predicted octanol–water partition coefficient (Wildman–Crippen LogP) is -1.12. The molecule has 0 spiro atoms. The van der Waals surface area contributed by atoms with Crippen molar-refractivity contribution < 1.29 is 54.2 Å². The van der Waals surface area contributed by atoms with Crippen LogP contribution in [0.5, 0.6) is 0 Å². The molecule has 0 aliphatic carbocycles. The Morgan fingerprint density at radius 3 is 0.500 bits per heavy atom. The van der Waals surface area contributed by atoms with Crippen LogP contribution in [0.15, 0.2) is 0 Å². The molecule has 0 aliphatic rings. The summed E-state index contributed by atoms with van der Waals surface area (Å²) in [4.78, 5) is 0. The van der Waals surface area contributed by atoms with Crippen LogP contribution in [-0.2, 0) is 16.4 Å². The summed E-state index contributed by atoms with van der Waals surface area (Å²) >= 11 is 0. The minimum atomic E-state index is 0. The van der Waals surface area contributed by atoms with Gasteiger partial charge < -0.3 is 16.4 Å². The summed E-state index contributed by atoms with van der Waals surface area (Å²) in [5, 5.41) is 0. The molecule has 0 aromatic carbocycles. The second-order valence-electron chi connectivity index (χ2n) is 0. The van der Waals surface area contributed by atoms with Crippen molar-refractivity contribution in [2.75, 3.05) is 0 Å². The zero-order valence-corrected chi connectivity index (χ0v) is 5.75. The fraction of sp³-hybridized carbons (Fsp3) is 0. The Morgan fingerprint density at radius 1 is 0.500 bits per heavy atom. The molecule has 0 saturated heterocycles. The van der Waals surface area contributed by atoms with Gasteiger partial charge in [-0.2, -0.15) is 0 Å². The molecular weight excluding hydrogens is 142 g/mol. The predicted molar refractivity (Wildman–Crippen MR) is 13.6 cm³/mol. The zero-order chi connectivity index (χ0) is 0. The van der Waals surface area contributed by atoms with Gasteiger partial charge in [0.05, 0.1) is 0 Å². The van der Waals surface area contributed by atoms with Gasteiger partial charge in [-0.1, -0.05) is 0 Å². The normalized spacial score (nSPS) is 0. The van der Waals surface area contributed by atoms with Gasteiger partial charge in [0, 0.05) is 37.7 Å². The first-order chi connectivity index (χ1) is 0. The molecule has 0 aromatic heterocycles. The molecule has 0 amide bonds. The van der Waals surface area contributed by atoms with E-state index in [9.17, 15) is 0 Å². The third-order valence-corrected chi connectivity index (χ3v) is 0. The van der Waals surface area contributed by atoms with E-state index < -0.39 is 0 Å². The first kappa shape index (κ1) is 87.6. The Bertz CT molecular complexity index is 8.75.